The SMILES string of the molecule is CCc1cc([N+](=O)[O-])cc(CC)c1N(C(=N)N)C(=O)NOC.Cl. The number of guanidine groups is 1. The standard InChI is InChI=1S/C13H19N5O4.ClH/c1-4-8-6-10(18(20)21)7-9(5-2)11(8)17(12(14)15)13(19)16-22-3;/h6-7H,4-5H2,1-3H3,(H3,14,15)(H,16,19);1H. The second-order valence-corrected chi connectivity index (χ2v) is 4.41. The second-order valence-electron chi connectivity index (χ2n) is 4.41. The third kappa shape index (κ3) is 4.54. The molecule has 128 valence electrons. The summed E-state index contributed by atoms with van der Waals surface area (Å²) in [6, 6.07) is 2.02. The summed E-state index contributed by atoms with van der Waals surface area (Å²) in [5.74, 6) is -0.507. The Hall–Kier alpha value is -2.39. The summed E-state index contributed by atoms with van der Waals surface area (Å²) >= 11 is 0. The van der Waals surface area contributed by atoms with Crippen molar-refractivity contribution in [2.45, 2.75) is 26.7 Å². The first-order chi connectivity index (χ1) is 10.4. The molecule has 0 heterocycles. The Morgan fingerprint density at radius 2 is 1.87 bits per heavy atom. The molecular formula is C13H20ClN5O4. The highest BCUT2D eigenvalue weighted by Crippen LogP contribution is 2.31. The van der Waals surface area contributed by atoms with Crippen LogP contribution in [0.25, 0.3) is 0 Å². The number of nitrogens with one attached hydrogen (secondary N) is 2. The van der Waals surface area contributed by atoms with Gasteiger partial charge in [0.1, 0.15) is 0 Å². The molecule has 0 unspecified atom stereocenters. The van der Waals surface area contributed by atoms with E-state index in [0.29, 0.717) is 29.7 Å². The number of nitrogens with two attached hydrogens (primary N) is 1. The van der Waals surface area contributed by atoms with E-state index in [1.54, 1.807) is 13.8 Å². The maximum Gasteiger partial charge on any atom is 0.352 e. The molecule has 0 aliphatic heterocycles. The van der Waals surface area contributed by atoms with Crippen molar-refractivity contribution in [2.24, 2.45) is 5.73 Å². The lowest BCUT2D eigenvalue weighted by Gasteiger charge is -2.25. The Bertz CT molecular complexity index is 583. The Labute approximate surface area is 139 Å². The molecule has 0 saturated carbocycles. The lowest BCUT2D eigenvalue weighted by molar-refractivity contribution is -0.385. The van der Waals surface area contributed by atoms with Gasteiger partial charge in [-0.15, -0.1) is 12.4 Å². The lowest BCUT2D eigenvalue weighted by atomic mass is 10.0. The van der Waals surface area contributed by atoms with Gasteiger partial charge in [-0.3, -0.25) is 20.4 Å². The number of hydroxylamine groups is 1. The number of rotatable bonds is 5. The monoisotopic (exact) mass is 345 g/mol. The van der Waals surface area contributed by atoms with Gasteiger partial charge >= 0.3 is 6.03 Å². The molecule has 4 N–H and O–H groups in total. The van der Waals surface area contributed by atoms with Crippen LogP contribution in [0.2, 0.25) is 0 Å². The second kappa shape index (κ2) is 8.91. The molecule has 0 aliphatic carbocycles. The van der Waals surface area contributed by atoms with Crippen LogP contribution in [0.4, 0.5) is 16.2 Å². The van der Waals surface area contributed by atoms with Crippen molar-refractivity contribution >= 4 is 35.8 Å². The average molecular weight is 346 g/mol. The number of nitro groups is 1. The number of halogens is 1. The highest BCUT2D eigenvalue weighted by Gasteiger charge is 2.26. The highest BCUT2D eigenvalue weighted by atomic mass is 35.5. The minimum Gasteiger partial charge on any atom is -0.369 e. The van der Waals surface area contributed by atoms with E-state index >= 15 is 0 Å². The fourth-order valence-corrected chi connectivity index (χ4v) is 2.14. The number of nitro benzene ring substituents is 1. The van der Waals surface area contributed by atoms with E-state index in [0.717, 1.165) is 4.90 Å². The van der Waals surface area contributed by atoms with Crippen LogP contribution in [0.5, 0.6) is 0 Å². The van der Waals surface area contributed by atoms with Crippen molar-refractivity contribution in [2.75, 3.05) is 12.0 Å². The summed E-state index contributed by atoms with van der Waals surface area (Å²) in [5.41, 5.74) is 9.01. The minimum atomic E-state index is -0.742. The highest BCUT2D eigenvalue weighted by molar-refractivity contribution is 6.14. The molecular weight excluding hydrogens is 326 g/mol. The van der Waals surface area contributed by atoms with E-state index in [1.807, 2.05) is 0 Å². The zero-order valence-corrected chi connectivity index (χ0v) is 13.9. The Morgan fingerprint density at radius 3 is 2.17 bits per heavy atom. The van der Waals surface area contributed by atoms with Crippen molar-refractivity contribution in [1.29, 1.82) is 5.41 Å². The van der Waals surface area contributed by atoms with Gasteiger partial charge in [0.2, 0.25) is 5.96 Å². The summed E-state index contributed by atoms with van der Waals surface area (Å²) in [7, 11) is 1.26. The van der Waals surface area contributed by atoms with Crippen LogP contribution in [0, 0.1) is 15.5 Å². The van der Waals surface area contributed by atoms with E-state index in [2.05, 4.69) is 10.3 Å². The molecule has 9 nitrogen and oxygen atoms in total. The van der Waals surface area contributed by atoms with Crippen molar-refractivity contribution in [3.63, 3.8) is 0 Å². The van der Waals surface area contributed by atoms with Gasteiger partial charge in [0.05, 0.1) is 17.7 Å². The van der Waals surface area contributed by atoms with Crippen LogP contribution in [-0.4, -0.2) is 24.0 Å². The summed E-state index contributed by atoms with van der Waals surface area (Å²) in [5, 5.41) is 18.6. The fourth-order valence-electron chi connectivity index (χ4n) is 2.14. The minimum absolute atomic E-state index is 0. The van der Waals surface area contributed by atoms with Crippen LogP contribution in [0.3, 0.4) is 0 Å². The van der Waals surface area contributed by atoms with E-state index in [1.165, 1.54) is 19.2 Å². The van der Waals surface area contributed by atoms with Gasteiger partial charge in [-0.25, -0.2) is 15.2 Å². The summed E-state index contributed by atoms with van der Waals surface area (Å²) in [6.45, 7) is 3.60. The van der Waals surface area contributed by atoms with Crippen LogP contribution in [0.15, 0.2) is 12.1 Å². The molecule has 0 saturated heterocycles. The van der Waals surface area contributed by atoms with Crippen molar-refractivity contribution in [3.8, 4) is 0 Å². The number of hydrogen-bond donors (Lipinski definition) is 3. The number of carbonyl (C=O) groups is 1. The Balaban J connectivity index is 0.00000484. The van der Waals surface area contributed by atoms with E-state index in [-0.39, 0.29) is 18.1 Å². The molecule has 0 fully saturated rings. The Morgan fingerprint density at radius 1 is 1.39 bits per heavy atom. The third-order valence-electron chi connectivity index (χ3n) is 3.08. The fraction of sp³-hybridized carbons (Fsp3) is 0.385. The van der Waals surface area contributed by atoms with Gasteiger partial charge < -0.3 is 5.73 Å². The van der Waals surface area contributed by atoms with Gasteiger partial charge in [0.25, 0.3) is 5.69 Å². The number of amides is 2. The van der Waals surface area contributed by atoms with E-state index < -0.39 is 16.9 Å². The van der Waals surface area contributed by atoms with Gasteiger partial charge in [-0.05, 0) is 24.0 Å². The summed E-state index contributed by atoms with van der Waals surface area (Å²) < 4.78 is 0. The molecule has 0 spiro atoms. The number of urea groups is 1. The third-order valence-corrected chi connectivity index (χ3v) is 3.08. The zero-order chi connectivity index (χ0) is 16.9. The van der Waals surface area contributed by atoms with E-state index in [4.69, 9.17) is 11.1 Å². The first kappa shape index (κ1) is 20.6. The first-order valence-electron chi connectivity index (χ1n) is 6.64. The van der Waals surface area contributed by atoms with Crippen molar-refractivity contribution in [3.05, 3.63) is 33.4 Å². The molecule has 2 amide bonds. The average Bonchev–Trinajstić information content (AvgIpc) is 2.46. The molecule has 0 atom stereocenters. The number of non-ortho nitro benzene ring substituents is 1. The summed E-state index contributed by atoms with van der Waals surface area (Å²) in [6.07, 6.45) is 0.877. The number of carbonyl (C=O) groups excluding carboxylic acids is 1. The molecule has 23 heavy (non-hydrogen) atoms. The molecule has 0 radical (unpaired) electrons. The quantitative estimate of drug-likeness (QED) is 0.325. The zero-order valence-electron chi connectivity index (χ0n) is 13.1. The van der Waals surface area contributed by atoms with Gasteiger partial charge in [0.15, 0.2) is 0 Å². The number of benzene rings is 1. The maximum absolute atomic E-state index is 12.1. The predicted octanol–water partition coefficient (Wildman–Crippen LogP) is 2.11. The molecule has 0 aromatic heterocycles. The molecule has 10 heteroatoms. The van der Waals surface area contributed by atoms with Gasteiger partial charge in [0, 0.05) is 12.1 Å². The van der Waals surface area contributed by atoms with E-state index in [9.17, 15) is 14.9 Å². The van der Waals surface area contributed by atoms with Crippen LogP contribution in [-0.2, 0) is 17.7 Å². The summed E-state index contributed by atoms with van der Waals surface area (Å²) in [4.78, 5) is 28.1. The topological polar surface area (TPSA) is 135 Å². The van der Waals surface area contributed by atoms with Crippen molar-refractivity contribution in [1.82, 2.24) is 5.48 Å². The molecule has 0 bridgehead atoms. The lowest BCUT2D eigenvalue weighted by Crippen LogP contribution is -2.47. The molecule has 1 rings (SSSR count). The van der Waals surface area contributed by atoms with Crippen LogP contribution < -0.4 is 16.1 Å². The molecule has 0 aliphatic rings. The number of anilines is 1. The van der Waals surface area contributed by atoms with Crippen LogP contribution in [0.1, 0.15) is 25.0 Å². The van der Waals surface area contributed by atoms with Crippen LogP contribution >= 0.6 is 12.4 Å². The first-order valence-corrected chi connectivity index (χ1v) is 6.64. The van der Waals surface area contributed by atoms with Crippen molar-refractivity contribution < 1.29 is 14.6 Å². The maximum atomic E-state index is 12.1. The molecule has 1 aromatic rings. The largest absolute Gasteiger partial charge is 0.369 e. The normalized spacial score (nSPS) is 9.70. The molecule has 1 aromatic carbocycles. The smallest absolute Gasteiger partial charge is 0.352 e. The number of nitrogens with zero attached hydrogens (tertiary/aromatic N) is 2. The predicted molar refractivity (Wildman–Crippen MR) is 89.0 cm³/mol. The van der Waals surface area contributed by atoms with Gasteiger partial charge in [-0.1, -0.05) is 13.8 Å². The number of hydrogen-bond acceptors (Lipinski definition) is 5. The number of aryl methyl sites for hydroxylation is 2. The Kier molecular flexibility index (Phi) is 7.98. The van der Waals surface area contributed by atoms with Gasteiger partial charge in [-0.2, -0.15) is 0 Å².